The smallest absolute Gasteiger partial charge is 0.199 e. The van der Waals surface area contributed by atoms with E-state index in [9.17, 15) is 4.79 Å². The third-order valence-corrected chi connectivity index (χ3v) is 1.63. The molecular formula is C10H15NO2. The summed E-state index contributed by atoms with van der Waals surface area (Å²) in [5.74, 6) is 1.11. The first-order valence-corrected chi connectivity index (χ1v) is 4.27. The van der Waals surface area contributed by atoms with E-state index in [-0.39, 0.29) is 5.78 Å². The SMILES string of the molecule is Cc1ccc(C(=O)CC(C)(C)N)o1. The second-order valence-corrected chi connectivity index (χ2v) is 4.00. The van der Waals surface area contributed by atoms with E-state index in [0.717, 1.165) is 5.76 Å². The summed E-state index contributed by atoms with van der Waals surface area (Å²) in [6.07, 6.45) is 0.306. The first-order valence-electron chi connectivity index (χ1n) is 4.27. The number of hydrogen-bond acceptors (Lipinski definition) is 3. The lowest BCUT2D eigenvalue weighted by Crippen LogP contribution is -2.34. The van der Waals surface area contributed by atoms with Crippen LogP contribution in [0.25, 0.3) is 0 Å². The standard InChI is InChI=1S/C10H15NO2/c1-7-4-5-9(13-7)8(12)6-10(2,3)11/h4-5H,6,11H2,1-3H3. The van der Waals surface area contributed by atoms with Crippen molar-refractivity contribution in [2.45, 2.75) is 32.7 Å². The molecule has 3 nitrogen and oxygen atoms in total. The molecule has 1 rings (SSSR count). The van der Waals surface area contributed by atoms with Gasteiger partial charge in [0.05, 0.1) is 0 Å². The summed E-state index contributed by atoms with van der Waals surface area (Å²) < 4.78 is 5.19. The van der Waals surface area contributed by atoms with Gasteiger partial charge in [-0.25, -0.2) is 0 Å². The van der Waals surface area contributed by atoms with Gasteiger partial charge in [-0.15, -0.1) is 0 Å². The minimum absolute atomic E-state index is 0.0411. The van der Waals surface area contributed by atoms with Crippen LogP contribution in [-0.4, -0.2) is 11.3 Å². The van der Waals surface area contributed by atoms with Crippen molar-refractivity contribution in [3.05, 3.63) is 23.7 Å². The number of Topliss-reactive ketones (excluding diaryl/α,β-unsaturated/α-hetero) is 1. The molecule has 0 aliphatic rings. The van der Waals surface area contributed by atoms with Gasteiger partial charge in [-0.1, -0.05) is 0 Å². The maximum atomic E-state index is 11.5. The van der Waals surface area contributed by atoms with Crippen molar-refractivity contribution in [1.82, 2.24) is 0 Å². The number of ketones is 1. The molecule has 2 N–H and O–H groups in total. The lowest BCUT2D eigenvalue weighted by atomic mass is 9.98. The van der Waals surface area contributed by atoms with Crippen molar-refractivity contribution in [1.29, 1.82) is 0 Å². The van der Waals surface area contributed by atoms with Crippen LogP contribution in [-0.2, 0) is 0 Å². The summed E-state index contributed by atoms with van der Waals surface area (Å²) in [6, 6.07) is 3.46. The maximum absolute atomic E-state index is 11.5. The number of rotatable bonds is 3. The zero-order valence-corrected chi connectivity index (χ0v) is 8.26. The maximum Gasteiger partial charge on any atom is 0.199 e. The highest BCUT2D eigenvalue weighted by Gasteiger charge is 2.19. The average molecular weight is 181 g/mol. The Morgan fingerprint density at radius 3 is 2.54 bits per heavy atom. The highest BCUT2D eigenvalue weighted by atomic mass is 16.3. The molecule has 3 heteroatoms. The molecule has 0 amide bonds. The molecule has 0 atom stereocenters. The van der Waals surface area contributed by atoms with Gasteiger partial charge in [-0.2, -0.15) is 0 Å². The highest BCUT2D eigenvalue weighted by molar-refractivity contribution is 5.94. The second-order valence-electron chi connectivity index (χ2n) is 4.00. The fourth-order valence-electron chi connectivity index (χ4n) is 1.09. The third-order valence-electron chi connectivity index (χ3n) is 1.63. The molecule has 0 saturated carbocycles. The molecule has 1 aromatic heterocycles. The van der Waals surface area contributed by atoms with Crippen LogP contribution in [0.15, 0.2) is 16.5 Å². The first kappa shape index (κ1) is 9.99. The molecule has 0 bridgehead atoms. The summed E-state index contributed by atoms with van der Waals surface area (Å²) in [5.41, 5.74) is 5.24. The van der Waals surface area contributed by atoms with Crippen molar-refractivity contribution < 1.29 is 9.21 Å². The van der Waals surface area contributed by atoms with Gasteiger partial charge in [0.1, 0.15) is 5.76 Å². The first-order chi connectivity index (χ1) is 5.88. The van der Waals surface area contributed by atoms with Gasteiger partial charge in [-0.3, -0.25) is 4.79 Å². The molecule has 0 aromatic carbocycles. The Kier molecular flexibility index (Phi) is 2.57. The van der Waals surface area contributed by atoms with Crippen molar-refractivity contribution in [3.63, 3.8) is 0 Å². The van der Waals surface area contributed by atoms with Crippen molar-refractivity contribution >= 4 is 5.78 Å². The Bertz CT molecular complexity index is 307. The minimum atomic E-state index is -0.474. The normalized spacial score (nSPS) is 11.7. The molecule has 0 saturated heterocycles. The number of furan rings is 1. The topological polar surface area (TPSA) is 56.2 Å². The van der Waals surface area contributed by atoms with Crippen LogP contribution in [0.3, 0.4) is 0 Å². The van der Waals surface area contributed by atoms with Crippen molar-refractivity contribution in [2.75, 3.05) is 0 Å². The predicted octanol–water partition coefficient (Wildman–Crippen LogP) is 1.90. The number of aryl methyl sites for hydroxylation is 1. The molecular weight excluding hydrogens is 166 g/mol. The van der Waals surface area contributed by atoms with Crippen LogP contribution >= 0.6 is 0 Å². The van der Waals surface area contributed by atoms with E-state index in [1.165, 1.54) is 0 Å². The zero-order valence-electron chi connectivity index (χ0n) is 8.26. The summed E-state index contributed by atoms with van der Waals surface area (Å²) in [4.78, 5) is 11.5. The highest BCUT2D eigenvalue weighted by Crippen LogP contribution is 2.13. The average Bonchev–Trinajstić information content (AvgIpc) is 2.31. The van der Waals surface area contributed by atoms with Crippen LogP contribution in [0.2, 0.25) is 0 Å². The van der Waals surface area contributed by atoms with Crippen LogP contribution in [0.5, 0.6) is 0 Å². The van der Waals surface area contributed by atoms with E-state index in [1.54, 1.807) is 12.1 Å². The molecule has 0 spiro atoms. The Balaban J connectivity index is 2.70. The molecule has 1 heterocycles. The lowest BCUT2D eigenvalue weighted by molar-refractivity contribution is 0.0931. The number of carbonyl (C=O) groups is 1. The van der Waals surface area contributed by atoms with Gasteiger partial charge in [0, 0.05) is 12.0 Å². The Morgan fingerprint density at radius 2 is 2.15 bits per heavy atom. The molecule has 0 aliphatic carbocycles. The largest absolute Gasteiger partial charge is 0.458 e. The molecule has 0 radical (unpaired) electrons. The number of hydrogen-bond donors (Lipinski definition) is 1. The Labute approximate surface area is 77.9 Å². The molecule has 0 fully saturated rings. The molecule has 1 aromatic rings. The van der Waals surface area contributed by atoms with Gasteiger partial charge in [0.15, 0.2) is 11.5 Å². The van der Waals surface area contributed by atoms with Gasteiger partial charge >= 0.3 is 0 Å². The fraction of sp³-hybridized carbons (Fsp3) is 0.500. The molecule has 0 unspecified atom stereocenters. The summed E-state index contributed by atoms with van der Waals surface area (Å²) in [5, 5.41) is 0. The second kappa shape index (κ2) is 3.34. The van der Waals surface area contributed by atoms with Crippen LogP contribution in [0.4, 0.5) is 0 Å². The van der Waals surface area contributed by atoms with Crippen LogP contribution in [0.1, 0.15) is 36.6 Å². The van der Waals surface area contributed by atoms with Crippen molar-refractivity contribution in [3.8, 4) is 0 Å². The number of nitrogens with two attached hydrogens (primary N) is 1. The lowest BCUT2D eigenvalue weighted by Gasteiger charge is -2.15. The summed E-state index contributed by atoms with van der Waals surface area (Å²) >= 11 is 0. The summed E-state index contributed by atoms with van der Waals surface area (Å²) in [6.45, 7) is 5.45. The minimum Gasteiger partial charge on any atom is -0.458 e. The Hall–Kier alpha value is -1.09. The van der Waals surface area contributed by atoms with E-state index in [4.69, 9.17) is 10.2 Å². The monoisotopic (exact) mass is 181 g/mol. The third kappa shape index (κ3) is 3.03. The molecule has 13 heavy (non-hydrogen) atoms. The summed E-state index contributed by atoms with van der Waals surface area (Å²) in [7, 11) is 0. The van der Waals surface area contributed by atoms with E-state index in [2.05, 4.69) is 0 Å². The van der Waals surface area contributed by atoms with Gasteiger partial charge in [0.25, 0.3) is 0 Å². The van der Waals surface area contributed by atoms with Crippen molar-refractivity contribution in [2.24, 2.45) is 5.73 Å². The van der Waals surface area contributed by atoms with Gasteiger partial charge in [0.2, 0.25) is 0 Å². The quantitative estimate of drug-likeness (QED) is 0.724. The van der Waals surface area contributed by atoms with Gasteiger partial charge in [-0.05, 0) is 32.9 Å². The predicted molar refractivity (Wildman–Crippen MR) is 50.7 cm³/mol. The van der Waals surface area contributed by atoms with E-state index in [1.807, 2.05) is 20.8 Å². The molecule has 0 aliphatic heterocycles. The van der Waals surface area contributed by atoms with E-state index in [0.29, 0.717) is 12.2 Å². The number of carbonyl (C=O) groups excluding carboxylic acids is 1. The van der Waals surface area contributed by atoms with E-state index >= 15 is 0 Å². The zero-order chi connectivity index (χ0) is 10.1. The van der Waals surface area contributed by atoms with E-state index < -0.39 is 5.54 Å². The Morgan fingerprint density at radius 1 is 1.54 bits per heavy atom. The molecule has 72 valence electrons. The van der Waals surface area contributed by atoms with Crippen LogP contribution in [0, 0.1) is 6.92 Å². The van der Waals surface area contributed by atoms with Gasteiger partial charge < -0.3 is 10.2 Å². The van der Waals surface area contributed by atoms with Crippen LogP contribution < -0.4 is 5.73 Å². The fourth-order valence-corrected chi connectivity index (χ4v) is 1.09.